The van der Waals surface area contributed by atoms with Crippen LogP contribution in [-0.2, 0) is 10.2 Å². The summed E-state index contributed by atoms with van der Waals surface area (Å²) in [6.45, 7) is 5.13. The van der Waals surface area contributed by atoms with Gasteiger partial charge in [0.2, 0.25) is 0 Å². The molecule has 0 radical (unpaired) electrons. The molecule has 1 saturated heterocycles. The van der Waals surface area contributed by atoms with Crippen molar-refractivity contribution in [3.8, 4) is 11.4 Å². The Balaban J connectivity index is 1.48. The van der Waals surface area contributed by atoms with Crippen LogP contribution < -0.4 is 10.8 Å². The van der Waals surface area contributed by atoms with Crippen LogP contribution in [0.5, 0.6) is 0 Å². The zero-order valence-electron chi connectivity index (χ0n) is 21.3. The summed E-state index contributed by atoms with van der Waals surface area (Å²) in [7, 11) is 4.12. The maximum absolute atomic E-state index is 11.8. The number of benzene rings is 1. The van der Waals surface area contributed by atoms with Crippen LogP contribution in [0.3, 0.4) is 0 Å². The number of nitrogens with zero attached hydrogens (tertiary/aromatic N) is 4. The van der Waals surface area contributed by atoms with Crippen molar-refractivity contribution in [3.63, 3.8) is 0 Å². The number of ether oxygens (including phenoxy) is 1. The molecule has 194 valence electrons. The lowest BCUT2D eigenvalue weighted by Crippen LogP contribution is -2.35. The number of carbonyl (C=O) groups is 1. The van der Waals surface area contributed by atoms with Crippen molar-refractivity contribution in [1.82, 2.24) is 24.7 Å². The Kier molecular flexibility index (Phi) is 7.25. The van der Waals surface area contributed by atoms with Crippen molar-refractivity contribution < 1.29 is 14.7 Å². The summed E-state index contributed by atoms with van der Waals surface area (Å²) in [6.07, 6.45) is 3.66. The van der Waals surface area contributed by atoms with E-state index in [1.165, 1.54) is 0 Å². The number of aryl methyl sites for hydroxylation is 1. The van der Waals surface area contributed by atoms with Crippen LogP contribution in [-0.4, -0.2) is 70.8 Å². The third-order valence-electron chi connectivity index (χ3n) is 6.99. The van der Waals surface area contributed by atoms with Gasteiger partial charge in [0.05, 0.1) is 16.8 Å². The minimum atomic E-state index is -0.525. The van der Waals surface area contributed by atoms with E-state index < -0.39 is 5.91 Å². The first kappa shape index (κ1) is 25.3. The normalized spacial score (nSPS) is 15.3. The monoisotopic (exact) mass is 520 g/mol. The molecule has 1 amide bonds. The van der Waals surface area contributed by atoms with Gasteiger partial charge in [-0.05, 0) is 57.6 Å². The summed E-state index contributed by atoms with van der Waals surface area (Å²) in [4.78, 5) is 24.0. The molecule has 0 saturated carbocycles. The number of nitrogens with one attached hydrogen (secondary N) is 2. The molecule has 1 fully saturated rings. The van der Waals surface area contributed by atoms with Gasteiger partial charge in [0.15, 0.2) is 0 Å². The minimum absolute atomic E-state index is 0.298. The second-order valence-electron chi connectivity index (χ2n) is 9.67. The highest BCUT2D eigenvalue weighted by Gasteiger charge is 2.39. The highest BCUT2D eigenvalue weighted by Crippen LogP contribution is 2.44. The molecule has 4 heterocycles. The molecule has 1 aliphatic heterocycles. The lowest BCUT2D eigenvalue weighted by atomic mass is 9.74. The third kappa shape index (κ3) is 4.97. The molecule has 4 aromatic rings. The molecule has 37 heavy (non-hydrogen) atoms. The van der Waals surface area contributed by atoms with E-state index in [1.807, 2.05) is 19.1 Å². The molecule has 1 aromatic carbocycles. The van der Waals surface area contributed by atoms with Gasteiger partial charge in [-0.15, -0.1) is 11.3 Å². The first-order valence-corrected chi connectivity index (χ1v) is 13.3. The Hall–Kier alpha value is -3.31. The van der Waals surface area contributed by atoms with Crippen molar-refractivity contribution in [2.24, 2.45) is 0 Å². The van der Waals surface area contributed by atoms with Crippen molar-refractivity contribution in [2.45, 2.75) is 25.2 Å². The molecule has 0 spiro atoms. The van der Waals surface area contributed by atoms with Crippen molar-refractivity contribution in [2.75, 3.05) is 45.7 Å². The van der Waals surface area contributed by atoms with Crippen LogP contribution in [0.15, 0.2) is 48.0 Å². The first-order chi connectivity index (χ1) is 17.9. The van der Waals surface area contributed by atoms with Crippen LogP contribution in [0.25, 0.3) is 17.0 Å². The van der Waals surface area contributed by atoms with Crippen LogP contribution in [0.1, 0.15) is 39.5 Å². The van der Waals surface area contributed by atoms with E-state index in [1.54, 1.807) is 28.9 Å². The van der Waals surface area contributed by atoms with Crippen LogP contribution in [0, 0.1) is 6.92 Å². The Morgan fingerprint density at radius 1 is 1.19 bits per heavy atom. The van der Waals surface area contributed by atoms with Gasteiger partial charge in [-0.2, -0.15) is 0 Å². The summed E-state index contributed by atoms with van der Waals surface area (Å²) in [5.41, 5.74) is 7.66. The average molecular weight is 521 g/mol. The van der Waals surface area contributed by atoms with Gasteiger partial charge in [0.25, 0.3) is 5.91 Å². The standard InChI is InChI=1S/C27H32N6O3S/c1-18-24(33-12-8-21(16-23(33)29-18)28-11-13-32(2)3)22-17-37-26(30-22)27(9-14-36-15-10-27)20-6-4-19(5-7-20)25(34)31-35/h4-8,12,16-17,28,35H,9-11,13-15H2,1-3H3,(H,31,34). The van der Waals surface area contributed by atoms with Gasteiger partial charge in [0.1, 0.15) is 16.3 Å². The Labute approximate surface area is 220 Å². The highest BCUT2D eigenvalue weighted by molar-refractivity contribution is 7.10. The molecule has 1 aliphatic rings. The van der Waals surface area contributed by atoms with E-state index >= 15 is 0 Å². The quantitative estimate of drug-likeness (QED) is 0.239. The Bertz CT molecular complexity index is 1390. The van der Waals surface area contributed by atoms with Crippen molar-refractivity contribution in [1.29, 1.82) is 0 Å². The highest BCUT2D eigenvalue weighted by atomic mass is 32.1. The number of fused-ring (bicyclic) bond motifs is 1. The van der Waals surface area contributed by atoms with E-state index in [0.29, 0.717) is 18.8 Å². The number of thiazole rings is 1. The van der Waals surface area contributed by atoms with E-state index in [-0.39, 0.29) is 5.41 Å². The second kappa shape index (κ2) is 10.6. The van der Waals surface area contributed by atoms with Crippen molar-refractivity contribution >= 4 is 28.6 Å². The summed E-state index contributed by atoms with van der Waals surface area (Å²) in [5.74, 6) is -0.525. The zero-order chi connectivity index (χ0) is 26.0. The smallest absolute Gasteiger partial charge is 0.274 e. The lowest BCUT2D eigenvalue weighted by Gasteiger charge is -2.36. The fourth-order valence-corrected chi connectivity index (χ4v) is 6.04. The second-order valence-corrected chi connectivity index (χ2v) is 10.5. The molecule has 0 atom stereocenters. The first-order valence-electron chi connectivity index (χ1n) is 12.4. The average Bonchev–Trinajstić information content (AvgIpc) is 3.52. The SMILES string of the molecule is Cc1nc2cc(NCCN(C)C)ccn2c1-c1csc(C2(c3ccc(C(=O)NO)cc3)CCOCC2)n1. The van der Waals surface area contributed by atoms with Crippen LogP contribution in [0.2, 0.25) is 0 Å². The number of imidazole rings is 1. The molecule has 0 unspecified atom stereocenters. The molecular formula is C27H32N6O3S. The van der Waals surface area contributed by atoms with Gasteiger partial charge in [-0.1, -0.05) is 12.1 Å². The minimum Gasteiger partial charge on any atom is -0.384 e. The number of amides is 1. The summed E-state index contributed by atoms with van der Waals surface area (Å²) < 4.78 is 7.81. The zero-order valence-corrected chi connectivity index (χ0v) is 22.1. The van der Waals surface area contributed by atoms with Gasteiger partial charge in [0, 0.05) is 55.2 Å². The molecule has 3 aromatic heterocycles. The van der Waals surface area contributed by atoms with E-state index in [4.69, 9.17) is 19.9 Å². The predicted molar refractivity (Wildman–Crippen MR) is 145 cm³/mol. The molecule has 9 nitrogen and oxygen atoms in total. The van der Waals surface area contributed by atoms with E-state index in [9.17, 15) is 4.79 Å². The Morgan fingerprint density at radius 2 is 1.95 bits per heavy atom. The van der Waals surface area contributed by atoms with Crippen LogP contribution in [0.4, 0.5) is 5.69 Å². The summed E-state index contributed by atoms with van der Waals surface area (Å²) in [5, 5.41) is 15.6. The van der Waals surface area contributed by atoms with Crippen molar-refractivity contribution in [3.05, 3.63) is 69.8 Å². The summed E-state index contributed by atoms with van der Waals surface area (Å²) >= 11 is 1.65. The number of hydroxylamine groups is 1. The van der Waals surface area contributed by atoms with E-state index in [0.717, 1.165) is 64.9 Å². The predicted octanol–water partition coefficient (Wildman–Crippen LogP) is 3.96. The van der Waals surface area contributed by atoms with E-state index in [2.05, 4.69) is 52.4 Å². The maximum Gasteiger partial charge on any atom is 0.274 e. The fourth-order valence-electron chi connectivity index (χ4n) is 4.96. The van der Waals surface area contributed by atoms with Gasteiger partial charge >= 0.3 is 0 Å². The largest absolute Gasteiger partial charge is 0.384 e. The summed E-state index contributed by atoms with van der Waals surface area (Å²) in [6, 6.07) is 11.5. The maximum atomic E-state index is 11.8. The van der Waals surface area contributed by atoms with Crippen LogP contribution >= 0.6 is 11.3 Å². The number of aromatic nitrogens is 3. The number of hydrogen-bond donors (Lipinski definition) is 3. The molecule has 5 rings (SSSR count). The third-order valence-corrected chi connectivity index (χ3v) is 8.04. The number of likely N-dealkylation sites (N-methyl/N-ethyl adjacent to an activating group) is 1. The molecule has 0 aliphatic carbocycles. The molecule has 10 heteroatoms. The van der Waals surface area contributed by atoms with Gasteiger partial charge in [-0.3, -0.25) is 14.4 Å². The van der Waals surface area contributed by atoms with Gasteiger partial charge < -0.3 is 15.0 Å². The molecule has 0 bridgehead atoms. The number of anilines is 1. The molecular weight excluding hydrogens is 488 g/mol. The fraction of sp³-hybridized carbons (Fsp3) is 0.370. The lowest BCUT2D eigenvalue weighted by molar-refractivity contribution is 0.0629. The number of carbonyl (C=O) groups excluding carboxylic acids is 1. The number of pyridine rings is 1. The molecule has 3 N–H and O–H groups in total. The number of hydrogen-bond acceptors (Lipinski definition) is 8. The number of rotatable bonds is 8. The Morgan fingerprint density at radius 3 is 2.65 bits per heavy atom. The topological polar surface area (TPSA) is 104 Å². The van der Waals surface area contributed by atoms with Gasteiger partial charge in [-0.25, -0.2) is 15.4 Å².